The van der Waals surface area contributed by atoms with Crippen LogP contribution in [-0.2, 0) is 4.74 Å². The molecule has 1 saturated heterocycles. The van der Waals surface area contributed by atoms with Gasteiger partial charge in [0.2, 0.25) is 0 Å². The molecular weight excluding hydrogens is 396 g/mol. The van der Waals surface area contributed by atoms with Crippen molar-refractivity contribution in [3.05, 3.63) is 57.3 Å². The van der Waals surface area contributed by atoms with Crippen molar-refractivity contribution in [3.8, 4) is 0 Å². The Morgan fingerprint density at radius 3 is 2.50 bits per heavy atom. The maximum Gasteiger partial charge on any atom is 0.191 e. The van der Waals surface area contributed by atoms with Gasteiger partial charge in [-0.3, -0.25) is 9.89 Å². The molecule has 6 nitrogen and oxygen atoms in total. The number of hydrogen-bond donors (Lipinski definition) is 3. The molecule has 2 unspecified atom stereocenters. The first kappa shape index (κ1) is 22.7. The summed E-state index contributed by atoms with van der Waals surface area (Å²) in [6.45, 7) is 11.5. The lowest BCUT2D eigenvalue weighted by molar-refractivity contribution is 0.0186. The highest BCUT2D eigenvalue weighted by atomic mass is 32.1. The van der Waals surface area contributed by atoms with E-state index in [4.69, 9.17) is 9.73 Å². The topological polar surface area (TPSA) is 69.1 Å². The number of ether oxygens (including phenoxy) is 1. The number of morpholine rings is 1. The number of guanidine groups is 1. The molecule has 2 aromatic rings. The molecule has 2 heterocycles. The van der Waals surface area contributed by atoms with Gasteiger partial charge in [0.05, 0.1) is 31.9 Å². The lowest BCUT2D eigenvalue weighted by atomic mass is 10.1. The van der Waals surface area contributed by atoms with Crippen LogP contribution in [0.15, 0.2) is 41.4 Å². The number of nitrogens with one attached hydrogen (secondary N) is 2. The number of nitrogens with zero attached hydrogens (tertiary/aromatic N) is 2. The minimum atomic E-state index is -0.579. The second-order valence-electron chi connectivity index (χ2n) is 7.64. The van der Waals surface area contributed by atoms with E-state index in [1.165, 1.54) is 15.3 Å². The molecule has 1 aliphatic rings. The van der Waals surface area contributed by atoms with Crippen molar-refractivity contribution in [2.45, 2.75) is 32.9 Å². The van der Waals surface area contributed by atoms with Crippen molar-refractivity contribution in [3.63, 3.8) is 0 Å². The van der Waals surface area contributed by atoms with Crippen LogP contribution in [0.2, 0.25) is 0 Å². The van der Waals surface area contributed by atoms with Gasteiger partial charge in [0.1, 0.15) is 0 Å². The summed E-state index contributed by atoms with van der Waals surface area (Å²) >= 11 is 1.84. The third-order valence-electron chi connectivity index (χ3n) is 5.27. The third kappa shape index (κ3) is 6.54. The summed E-state index contributed by atoms with van der Waals surface area (Å²) in [5.41, 5.74) is 2.09. The molecule has 1 aliphatic heterocycles. The summed E-state index contributed by atoms with van der Waals surface area (Å²) in [5, 5.41) is 17.1. The monoisotopic (exact) mass is 430 g/mol. The average molecular weight is 431 g/mol. The van der Waals surface area contributed by atoms with Gasteiger partial charge in [-0.05, 0) is 38.5 Å². The minimum Gasteiger partial charge on any atom is -0.387 e. The molecule has 3 rings (SSSR count). The summed E-state index contributed by atoms with van der Waals surface area (Å²) in [5.74, 6) is 0.732. The van der Waals surface area contributed by atoms with Gasteiger partial charge in [0, 0.05) is 35.9 Å². The Labute approximate surface area is 184 Å². The predicted octanol–water partition coefficient (Wildman–Crippen LogP) is 3.03. The summed E-state index contributed by atoms with van der Waals surface area (Å²) in [7, 11) is 0. The van der Waals surface area contributed by atoms with Gasteiger partial charge in [-0.2, -0.15) is 0 Å². The van der Waals surface area contributed by atoms with E-state index in [0.717, 1.165) is 44.4 Å². The Morgan fingerprint density at radius 2 is 1.87 bits per heavy atom. The van der Waals surface area contributed by atoms with E-state index in [2.05, 4.69) is 41.5 Å². The fraction of sp³-hybridized carbons (Fsp3) is 0.522. The zero-order valence-electron chi connectivity index (χ0n) is 18.2. The number of hydrogen-bond acceptors (Lipinski definition) is 5. The molecule has 0 saturated carbocycles. The fourth-order valence-corrected chi connectivity index (χ4v) is 4.53. The molecule has 30 heavy (non-hydrogen) atoms. The molecule has 0 aliphatic carbocycles. The maximum absolute atomic E-state index is 10.5. The van der Waals surface area contributed by atoms with Crippen molar-refractivity contribution < 1.29 is 9.84 Å². The highest BCUT2D eigenvalue weighted by molar-refractivity contribution is 7.12. The van der Waals surface area contributed by atoms with E-state index in [1.807, 2.05) is 42.5 Å². The summed E-state index contributed by atoms with van der Waals surface area (Å²) < 4.78 is 5.54. The maximum atomic E-state index is 10.5. The van der Waals surface area contributed by atoms with E-state index in [9.17, 15) is 5.11 Å². The summed E-state index contributed by atoms with van der Waals surface area (Å²) in [4.78, 5) is 9.98. The van der Waals surface area contributed by atoms with Crippen LogP contribution < -0.4 is 10.6 Å². The van der Waals surface area contributed by atoms with Gasteiger partial charge in [0.15, 0.2) is 5.96 Å². The van der Waals surface area contributed by atoms with Gasteiger partial charge in [0.25, 0.3) is 0 Å². The SMILES string of the molecule is CCNC(=NCC(c1ccc(C)s1)N1CCOCC1)NCC(O)c1ccc(C)cc1. The first-order chi connectivity index (χ1) is 14.6. The van der Waals surface area contributed by atoms with Gasteiger partial charge in [-0.1, -0.05) is 29.8 Å². The van der Waals surface area contributed by atoms with Crippen LogP contribution in [0.3, 0.4) is 0 Å². The molecule has 0 bridgehead atoms. The van der Waals surface area contributed by atoms with Gasteiger partial charge < -0.3 is 20.5 Å². The molecule has 164 valence electrons. The van der Waals surface area contributed by atoms with E-state index >= 15 is 0 Å². The molecule has 1 aromatic carbocycles. The van der Waals surface area contributed by atoms with Crippen LogP contribution in [0.5, 0.6) is 0 Å². The number of benzene rings is 1. The van der Waals surface area contributed by atoms with Crippen LogP contribution in [0.25, 0.3) is 0 Å². The standard InChI is InChI=1S/C23H34N4O2S/c1-4-24-23(26-16-21(28)19-8-5-17(2)6-9-19)25-15-20(22-10-7-18(3)30-22)27-11-13-29-14-12-27/h5-10,20-21,28H,4,11-16H2,1-3H3,(H2,24,25,26). The number of aliphatic hydroxyl groups excluding tert-OH is 1. The highest BCUT2D eigenvalue weighted by Crippen LogP contribution is 2.28. The zero-order valence-corrected chi connectivity index (χ0v) is 19.0. The van der Waals surface area contributed by atoms with Gasteiger partial charge >= 0.3 is 0 Å². The van der Waals surface area contributed by atoms with Crippen LogP contribution in [0.1, 0.15) is 40.0 Å². The number of rotatable bonds is 8. The summed E-state index contributed by atoms with van der Waals surface area (Å²) in [6.07, 6.45) is -0.579. The summed E-state index contributed by atoms with van der Waals surface area (Å²) in [6, 6.07) is 12.6. The van der Waals surface area contributed by atoms with E-state index < -0.39 is 6.10 Å². The Morgan fingerprint density at radius 1 is 1.13 bits per heavy atom. The molecule has 0 radical (unpaired) electrons. The first-order valence-electron chi connectivity index (χ1n) is 10.7. The molecule has 0 spiro atoms. The quantitative estimate of drug-likeness (QED) is 0.444. The highest BCUT2D eigenvalue weighted by Gasteiger charge is 2.24. The zero-order chi connectivity index (χ0) is 21.3. The molecular formula is C23H34N4O2S. The van der Waals surface area contributed by atoms with E-state index in [0.29, 0.717) is 13.1 Å². The second-order valence-corrected chi connectivity index (χ2v) is 8.96. The fourth-order valence-electron chi connectivity index (χ4n) is 3.53. The predicted molar refractivity (Wildman–Crippen MR) is 124 cm³/mol. The number of aryl methyl sites for hydroxylation is 2. The normalized spacial score (nSPS) is 17.5. The first-order valence-corrected chi connectivity index (χ1v) is 11.5. The van der Waals surface area contributed by atoms with Crippen molar-refractivity contribution in [1.82, 2.24) is 15.5 Å². The lowest BCUT2D eigenvalue weighted by Crippen LogP contribution is -2.42. The number of aliphatic hydroxyl groups is 1. The Hall–Kier alpha value is -1.93. The lowest BCUT2D eigenvalue weighted by Gasteiger charge is -2.33. The van der Waals surface area contributed by atoms with Crippen molar-refractivity contribution in [2.75, 3.05) is 45.9 Å². The molecule has 3 N–H and O–H groups in total. The molecule has 7 heteroatoms. The van der Waals surface area contributed by atoms with Gasteiger partial charge in [-0.15, -0.1) is 11.3 Å². The van der Waals surface area contributed by atoms with Crippen LogP contribution in [0, 0.1) is 13.8 Å². The van der Waals surface area contributed by atoms with E-state index in [1.54, 1.807) is 0 Å². The van der Waals surface area contributed by atoms with Crippen molar-refractivity contribution in [2.24, 2.45) is 4.99 Å². The smallest absolute Gasteiger partial charge is 0.191 e. The second kappa shape index (κ2) is 11.5. The van der Waals surface area contributed by atoms with Crippen LogP contribution in [-0.4, -0.2) is 61.9 Å². The van der Waals surface area contributed by atoms with Crippen molar-refractivity contribution >= 4 is 17.3 Å². The Balaban J connectivity index is 1.66. The molecule has 2 atom stereocenters. The van der Waals surface area contributed by atoms with Crippen LogP contribution >= 0.6 is 11.3 Å². The number of thiophene rings is 1. The van der Waals surface area contributed by atoms with Crippen LogP contribution in [0.4, 0.5) is 0 Å². The number of aliphatic imine (C=N–C) groups is 1. The average Bonchev–Trinajstić information content (AvgIpc) is 3.19. The van der Waals surface area contributed by atoms with Gasteiger partial charge in [-0.25, -0.2) is 0 Å². The molecule has 1 fully saturated rings. The Kier molecular flexibility index (Phi) is 8.69. The van der Waals surface area contributed by atoms with Crippen molar-refractivity contribution in [1.29, 1.82) is 0 Å². The minimum absolute atomic E-state index is 0.241. The largest absolute Gasteiger partial charge is 0.387 e. The third-order valence-corrected chi connectivity index (χ3v) is 6.37. The Bertz CT molecular complexity index is 800. The molecule has 1 aromatic heterocycles. The molecule has 0 amide bonds. The van der Waals surface area contributed by atoms with E-state index in [-0.39, 0.29) is 6.04 Å².